The minimum absolute atomic E-state index is 0.0278. The number of nitrogens with one attached hydrogen (secondary N) is 1. The molecule has 2 aromatic rings. The molecular weight excluding hydrogens is 368 g/mol. The number of carbonyl (C=O) groups excluding carboxylic acids is 2. The van der Waals surface area contributed by atoms with Gasteiger partial charge >= 0.3 is 0 Å². The maximum atomic E-state index is 12.7. The van der Waals surface area contributed by atoms with E-state index in [2.05, 4.69) is 26.1 Å². The number of anilines is 1. The molecule has 0 atom stereocenters. The van der Waals surface area contributed by atoms with Gasteiger partial charge in [0.15, 0.2) is 0 Å². The zero-order chi connectivity index (χ0) is 21.6. The molecule has 0 aliphatic heterocycles. The molecule has 0 radical (unpaired) electrons. The molecule has 158 valence electrons. The molecule has 0 unspecified atom stereocenters. The van der Waals surface area contributed by atoms with E-state index >= 15 is 0 Å². The largest absolute Gasteiger partial charge is 0.375 e. The van der Waals surface area contributed by atoms with Crippen molar-refractivity contribution in [1.29, 1.82) is 0 Å². The molecular formula is C22H32N4O3. The number of carbonyl (C=O) groups is 2. The molecule has 2 amide bonds. The van der Waals surface area contributed by atoms with E-state index in [1.807, 2.05) is 44.2 Å². The van der Waals surface area contributed by atoms with Gasteiger partial charge in [-0.2, -0.15) is 5.10 Å². The van der Waals surface area contributed by atoms with Crippen LogP contribution in [0.5, 0.6) is 0 Å². The monoisotopic (exact) mass is 400 g/mol. The second-order valence-electron chi connectivity index (χ2n) is 8.21. The summed E-state index contributed by atoms with van der Waals surface area (Å²) >= 11 is 0. The number of aromatic nitrogens is 2. The standard InChI is InChI=1S/C22H32N4O3/c1-7-12-25(21(28)15-29-6)14-20(27)23-19-13-18(22(3,4)5)24-26(19)17-10-8-16(2)9-11-17/h8-11,13H,7,12,14-15H2,1-6H3,(H,23,27). The molecule has 2 rings (SSSR count). The third-order valence-corrected chi connectivity index (χ3v) is 4.47. The minimum Gasteiger partial charge on any atom is -0.375 e. The molecule has 0 aliphatic carbocycles. The smallest absolute Gasteiger partial charge is 0.249 e. The van der Waals surface area contributed by atoms with E-state index < -0.39 is 0 Å². The Hall–Kier alpha value is -2.67. The van der Waals surface area contributed by atoms with E-state index in [9.17, 15) is 9.59 Å². The minimum atomic E-state index is -0.267. The predicted octanol–water partition coefficient (Wildman–Crippen LogP) is 3.30. The Morgan fingerprint density at radius 1 is 1.21 bits per heavy atom. The Balaban J connectivity index is 2.28. The number of rotatable bonds is 8. The number of hydrogen-bond donors (Lipinski definition) is 1. The third-order valence-electron chi connectivity index (χ3n) is 4.47. The Labute approximate surface area is 173 Å². The van der Waals surface area contributed by atoms with Crippen molar-refractivity contribution in [2.75, 3.05) is 32.1 Å². The van der Waals surface area contributed by atoms with E-state index in [0.29, 0.717) is 12.4 Å². The highest BCUT2D eigenvalue weighted by atomic mass is 16.5. The molecule has 7 heteroatoms. The maximum absolute atomic E-state index is 12.7. The fourth-order valence-electron chi connectivity index (χ4n) is 2.85. The number of ether oxygens (including phenoxy) is 1. The highest BCUT2D eigenvalue weighted by Crippen LogP contribution is 2.26. The van der Waals surface area contributed by atoms with Gasteiger partial charge < -0.3 is 15.0 Å². The van der Waals surface area contributed by atoms with E-state index in [-0.39, 0.29) is 30.4 Å². The van der Waals surface area contributed by atoms with E-state index in [1.165, 1.54) is 12.0 Å². The van der Waals surface area contributed by atoms with Crippen LogP contribution in [-0.2, 0) is 19.7 Å². The van der Waals surface area contributed by atoms with Gasteiger partial charge in [0.05, 0.1) is 17.9 Å². The van der Waals surface area contributed by atoms with Crippen molar-refractivity contribution in [2.24, 2.45) is 0 Å². The van der Waals surface area contributed by atoms with E-state index in [0.717, 1.165) is 23.4 Å². The van der Waals surface area contributed by atoms with Gasteiger partial charge in [-0.1, -0.05) is 45.4 Å². The summed E-state index contributed by atoms with van der Waals surface area (Å²) in [5.41, 5.74) is 2.71. The number of aryl methyl sites for hydroxylation is 1. The van der Waals surface area contributed by atoms with Crippen LogP contribution in [0.1, 0.15) is 45.4 Å². The molecule has 1 aromatic carbocycles. The average Bonchev–Trinajstić information content (AvgIpc) is 3.06. The average molecular weight is 401 g/mol. The predicted molar refractivity (Wildman–Crippen MR) is 114 cm³/mol. The summed E-state index contributed by atoms with van der Waals surface area (Å²) in [6.45, 7) is 10.7. The summed E-state index contributed by atoms with van der Waals surface area (Å²) in [7, 11) is 1.47. The number of nitrogens with zero attached hydrogens (tertiary/aromatic N) is 3. The van der Waals surface area contributed by atoms with Gasteiger partial charge in [0.25, 0.3) is 0 Å². The van der Waals surface area contributed by atoms with Crippen molar-refractivity contribution in [3.05, 3.63) is 41.6 Å². The Bertz CT molecular complexity index is 835. The molecule has 1 N–H and O–H groups in total. The number of amides is 2. The summed E-state index contributed by atoms with van der Waals surface area (Å²) in [5.74, 6) is 0.114. The van der Waals surface area contributed by atoms with Crippen molar-refractivity contribution < 1.29 is 14.3 Å². The molecule has 0 bridgehead atoms. The van der Waals surface area contributed by atoms with Crippen molar-refractivity contribution in [2.45, 2.75) is 46.5 Å². The highest BCUT2D eigenvalue weighted by molar-refractivity contribution is 5.94. The lowest BCUT2D eigenvalue weighted by Gasteiger charge is -2.21. The second-order valence-corrected chi connectivity index (χ2v) is 8.21. The zero-order valence-electron chi connectivity index (χ0n) is 18.3. The van der Waals surface area contributed by atoms with Crippen LogP contribution in [0.3, 0.4) is 0 Å². The van der Waals surface area contributed by atoms with E-state index in [1.54, 1.807) is 4.68 Å². The lowest BCUT2D eigenvalue weighted by atomic mass is 9.92. The first-order valence-electron chi connectivity index (χ1n) is 9.89. The Morgan fingerprint density at radius 3 is 2.41 bits per heavy atom. The van der Waals surface area contributed by atoms with Gasteiger partial charge in [0.1, 0.15) is 12.4 Å². The molecule has 0 aliphatic rings. The van der Waals surface area contributed by atoms with Crippen LogP contribution in [0.4, 0.5) is 5.82 Å². The quantitative estimate of drug-likeness (QED) is 0.738. The van der Waals surface area contributed by atoms with Crippen molar-refractivity contribution in [3.8, 4) is 5.69 Å². The van der Waals surface area contributed by atoms with Crippen LogP contribution in [0.2, 0.25) is 0 Å². The normalized spacial score (nSPS) is 11.4. The first kappa shape index (κ1) is 22.6. The Morgan fingerprint density at radius 2 is 1.86 bits per heavy atom. The lowest BCUT2D eigenvalue weighted by Crippen LogP contribution is -2.40. The van der Waals surface area contributed by atoms with Gasteiger partial charge in [-0.15, -0.1) is 0 Å². The number of hydrogen-bond acceptors (Lipinski definition) is 4. The van der Waals surface area contributed by atoms with E-state index in [4.69, 9.17) is 9.84 Å². The highest BCUT2D eigenvalue weighted by Gasteiger charge is 2.23. The molecule has 0 fully saturated rings. The number of methoxy groups -OCH3 is 1. The van der Waals surface area contributed by atoms with Crippen LogP contribution in [0.25, 0.3) is 5.69 Å². The SMILES string of the molecule is CCCN(CC(=O)Nc1cc(C(C)(C)C)nn1-c1ccc(C)cc1)C(=O)COC. The summed E-state index contributed by atoms with van der Waals surface area (Å²) in [4.78, 5) is 26.4. The summed E-state index contributed by atoms with van der Waals surface area (Å²) < 4.78 is 6.66. The topological polar surface area (TPSA) is 76.5 Å². The maximum Gasteiger partial charge on any atom is 0.249 e. The fourth-order valence-corrected chi connectivity index (χ4v) is 2.85. The molecule has 0 spiro atoms. The summed E-state index contributed by atoms with van der Waals surface area (Å²) in [5, 5.41) is 7.64. The van der Waals surface area contributed by atoms with Crippen LogP contribution in [-0.4, -0.2) is 53.3 Å². The molecule has 29 heavy (non-hydrogen) atoms. The van der Waals surface area contributed by atoms with Gasteiger partial charge in [-0.3, -0.25) is 9.59 Å². The van der Waals surface area contributed by atoms with Crippen LogP contribution in [0.15, 0.2) is 30.3 Å². The van der Waals surface area contributed by atoms with Gasteiger partial charge in [0.2, 0.25) is 11.8 Å². The van der Waals surface area contributed by atoms with Crippen LogP contribution >= 0.6 is 0 Å². The third kappa shape index (κ3) is 6.15. The molecule has 7 nitrogen and oxygen atoms in total. The molecule has 0 saturated heterocycles. The van der Waals surface area contributed by atoms with Gasteiger partial charge in [-0.25, -0.2) is 4.68 Å². The number of benzene rings is 1. The van der Waals surface area contributed by atoms with Crippen LogP contribution in [0, 0.1) is 6.92 Å². The first-order chi connectivity index (χ1) is 13.7. The van der Waals surface area contributed by atoms with Gasteiger partial charge in [0, 0.05) is 25.1 Å². The second kappa shape index (κ2) is 9.69. The zero-order valence-corrected chi connectivity index (χ0v) is 18.3. The van der Waals surface area contributed by atoms with Gasteiger partial charge in [-0.05, 0) is 25.5 Å². The summed E-state index contributed by atoms with van der Waals surface area (Å²) in [6.07, 6.45) is 0.762. The molecule has 0 saturated carbocycles. The Kier molecular flexibility index (Phi) is 7.56. The van der Waals surface area contributed by atoms with Crippen molar-refractivity contribution >= 4 is 17.6 Å². The van der Waals surface area contributed by atoms with Crippen LogP contribution < -0.4 is 5.32 Å². The molecule has 1 heterocycles. The fraction of sp³-hybridized carbons (Fsp3) is 0.500. The van der Waals surface area contributed by atoms with Crippen molar-refractivity contribution in [1.82, 2.24) is 14.7 Å². The lowest BCUT2D eigenvalue weighted by molar-refractivity contribution is -0.138. The first-order valence-corrected chi connectivity index (χ1v) is 9.89. The molecule has 1 aromatic heterocycles. The van der Waals surface area contributed by atoms with Crippen molar-refractivity contribution in [3.63, 3.8) is 0 Å². The summed E-state index contributed by atoms with van der Waals surface area (Å²) in [6, 6.07) is 9.84.